The molecule has 1 aliphatic rings. The number of carbonyl (C=O) groups excluding carboxylic acids is 1. The van der Waals surface area contributed by atoms with E-state index in [9.17, 15) is 22.4 Å². The van der Waals surface area contributed by atoms with Crippen LogP contribution in [0.5, 0.6) is 0 Å². The van der Waals surface area contributed by atoms with Gasteiger partial charge in [-0.05, 0) is 30.9 Å². The Hall–Kier alpha value is -1.63. The van der Waals surface area contributed by atoms with E-state index in [1.165, 1.54) is 4.90 Å². The van der Waals surface area contributed by atoms with E-state index < -0.39 is 29.0 Å². The highest BCUT2D eigenvalue weighted by atomic mass is 19.4. The maximum absolute atomic E-state index is 13.9. The van der Waals surface area contributed by atoms with Crippen molar-refractivity contribution in [2.24, 2.45) is 5.92 Å². The fraction of sp³-hybridized carbons (Fsp3) is 0.500. The monoisotopic (exact) mass is 305 g/mol. The van der Waals surface area contributed by atoms with Crippen LogP contribution in [0.25, 0.3) is 0 Å². The molecule has 1 aliphatic heterocycles. The fourth-order valence-corrected chi connectivity index (χ4v) is 2.52. The summed E-state index contributed by atoms with van der Waals surface area (Å²) in [5.41, 5.74) is -1.99. The third-order valence-electron chi connectivity index (χ3n) is 3.64. The number of likely N-dealkylation sites (tertiary alicyclic amines) is 1. The molecular weight excluding hydrogens is 290 g/mol. The van der Waals surface area contributed by atoms with Gasteiger partial charge >= 0.3 is 6.18 Å². The standard InChI is InChI=1S/C14H15F4NO2/c15-12-10(2-1-3-11(12)14(16,17)18)13(21)19-6-4-9(8-19)5-7-20/h1-3,9,20H,4-8H2. The van der Waals surface area contributed by atoms with Crippen LogP contribution in [-0.2, 0) is 6.18 Å². The zero-order valence-electron chi connectivity index (χ0n) is 11.2. The van der Waals surface area contributed by atoms with Crippen LogP contribution in [0, 0.1) is 11.7 Å². The summed E-state index contributed by atoms with van der Waals surface area (Å²) in [5.74, 6) is -2.16. The molecule has 0 bridgehead atoms. The largest absolute Gasteiger partial charge is 0.419 e. The first-order valence-corrected chi connectivity index (χ1v) is 6.60. The van der Waals surface area contributed by atoms with Crippen LogP contribution in [0.15, 0.2) is 18.2 Å². The molecule has 1 heterocycles. The number of halogens is 4. The molecule has 0 spiro atoms. The highest BCUT2D eigenvalue weighted by Gasteiger charge is 2.37. The van der Waals surface area contributed by atoms with Crippen molar-refractivity contribution in [1.82, 2.24) is 4.90 Å². The lowest BCUT2D eigenvalue weighted by molar-refractivity contribution is -0.140. The molecule has 116 valence electrons. The van der Waals surface area contributed by atoms with Crippen LogP contribution in [0.4, 0.5) is 17.6 Å². The summed E-state index contributed by atoms with van der Waals surface area (Å²) in [5, 5.41) is 8.85. The third-order valence-corrected chi connectivity index (χ3v) is 3.64. The van der Waals surface area contributed by atoms with Crippen molar-refractivity contribution in [2.45, 2.75) is 19.0 Å². The summed E-state index contributed by atoms with van der Waals surface area (Å²) in [6.45, 7) is 0.679. The van der Waals surface area contributed by atoms with Crippen LogP contribution in [0.3, 0.4) is 0 Å². The highest BCUT2D eigenvalue weighted by molar-refractivity contribution is 5.95. The molecule has 1 atom stereocenters. The van der Waals surface area contributed by atoms with Crippen molar-refractivity contribution in [3.05, 3.63) is 35.1 Å². The van der Waals surface area contributed by atoms with E-state index in [1.54, 1.807) is 0 Å². The second-order valence-electron chi connectivity index (χ2n) is 5.08. The van der Waals surface area contributed by atoms with Gasteiger partial charge in [0.15, 0.2) is 0 Å². The van der Waals surface area contributed by atoms with E-state index in [4.69, 9.17) is 5.11 Å². The Balaban J connectivity index is 2.21. The lowest BCUT2D eigenvalue weighted by Gasteiger charge is -2.18. The SMILES string of the molecule is O=C(c1cccc(C(F)(F)F)c1F)N1CCC(CCO)C1. The predicted molar refractivity (Wildman–Crippen MR) is 67.1 cm³/mol. The van der Waals surface area contributed by atoms with E-state index in [1.807, 2.05) is 0 Å². The summed E-state index contributed by atoms with van der Waals surface area (Å²) in [7, 11) is 0. The normalized spacial score (nSPS) is 19.1. The Labute approximate surface area is 119 Å². The lowest BCUT2D eigenvalue weighted by Crippen LogP contribution is -2.30. The molecule has 1 fully saturated rings. The van der Waals surface area contributed by atoms with Gasteiger partial charge in [-0.1, -0.05) is 6.07 Å². The van der Waals surface area contributed by atoms with Gasteiger partial charge < -0.3 is 10.0 Å². The molecule has 0 saturated carbocycles. The third kappa shape index (κ3) is 3.34. The van der Waals surface area contributed by atoms with Gasteiger partial charge in [-0.3, -0.25) is 4.79 Å². The fourth-order valence-electron chi connectivity index (χ4n) is 2.52. The maximum Gasteiger partial charge on any atom is 0.419 e. The van der Waals surface area contributed by atoms with E-state index in [0.717, 1.165) is 12.1 Å². The first-order chi connectivity index (χ1) is 9.84. The molecule has 1 aromatic rings. The van der Waals surface area contributed by atoms with Crippen molar-refractivity contribution in [3.63, 3.8) is 0 Å². The average Bonchev–Trinajstić information content (AvgIpc) is 2.86. The summed E-state index contributed by atoms with van der Waals surface area (Å²) >= 11 is 0. The van der Waals surface area contributed by atoms with E-state index in [2.05, 4.69) is 0 Å². The molecule has 1 unspecified atom stereocenters. The topological polar surface area (TPSA) is 40.5 Å². The van der Waals surface area contributed by atoms with Crippen LogP contribution in [0.2, 0.25) is 0 Å². The van der Waals surface area contributed by atoms with Crippen molar-refractivity contribution < 1.29 is 27.5 Å². The highest BCUT2D eigenvalue weighted by Crippen LogP contribution is 2.33. The van der Waals surface area contributed by atoms with Crippen LogP contribution < -0.4 is 0 Å². The molecule has 1 aromatic carbocycles. The second-order valence-corrected chi connectivity index (χ2v) is 5.08. The van der Waals surface area contributed by atoms with E-state index >= 15 is 0 Å². The number of amides is 1. The number of benzene rings is 1. The Morgan fingerprint density at radius 3 is 2.71 bits per heavy atom. The molecule has 2 rings (SSSR count). The van der Waals surface area contributed by atoms with E-state index in [0.29, 0.717) is 32.0 Å². The smallest absolute Gasteiger partial charge is 0.396 e. The Kier molecular flexibility index (Phi) is 4.51. The number of aliphatic hydroxyl groups excluding tert-OH is 1. The molecule has 1 N–H and O–H groups in total. The minimum atomic E-state index is -4.83. The second kappa shape index (κ2) is 6.01. The van der Waals surface area contributed by atoms with Gasteiger partial charge in [-0.15, -0.1) is 0 Å². The average molecular weight is 305 g/mol. The van der Waals surface area contributed by atoms with Crippen LogP contribution >= 0.6 is 0 Å². The zero-order chi connectivity index (χ0) is 15.6. The summed E-state index contributed by atoms with van der Waals surface area (Å²) in [6.07, 6.45) is -3.65. The van der Waals surface area contributed by atoms with Crippen molar-refractivity contribution in [1.29, 1.82) is 0 Å². The number of rotatable bonds is 3. The number of hydrogen-bond donors (Lipinski definition) is 1. The predicted octanol–water partition coefficient (Wildman–Crippen LogP) is 2.69. The van der Waals surface area contributed by atoms with Crippen molar-refractivity contribution in [3.8, 4) is 0 Å². The number of aliphatic hydroxyl groups is 1. The van der Waals surface area contributed by atoms with Gasteiger partial charge in [0.05, 0.1) is 11.1 Å². The summed E-state index contributed by atoms with van der Waals surface area (Å²) < 4.78 is 51.8. The number of alkyl halides is 3. The number of nitrogens with zero attached hydrogens (tertiary/aromatic N) is 1. The minimum absolute atomic E-state index is 0.00931. The molecule has 1 amide bonds. The Morgan fingerprint density at radius 2 is 2.10 bits per heavy atom. The van der Waals surface area contributed by atoms with Gasteiger partial charge in [0.25, 0.3) is 5.91 Å². The van der Waals surface area contributed by atoms with Gasteiger partial charge in [-0.2, -0.15) is 13.2 Å². The molecule has 1 saturated heterocycles. The Morgan fingerprint density at radius 1 is 1.38 bits per heavy atom. The van der Waals surface area contributed by atoms with Crippen LogP contribution in [0.1, 0.15) is 28.8 Å². The molecule has 21 heavy (non-hydrogen) atoms. The molecular formula is C14H15F4NO2. The first-order valence-electron chi connectivity index (χ1n) is 6.60. The molecule has 3 nitrogen and oxygen atoms in total. The van der Waals surface area contributed by atoms with Crippen LogP contribution in [-0.4, -0.2) is 35.6 Å². The zero-order valence-corrected chi connectivity index (χ0v) is 11.2. The summed E-state index contributed by atoms with van der Waals surface area (Å²) in [6, 6.07) is 2.71. The van der Waals surface area contributed by atoms with Gasteiger partial charge in [-0.25, -0.2) is 4.39 Å². The van der Waals surface area contributed by atoms with Gasteiger partial charge in [0.2, 0.25) is 0 Å². The minimum Gasteiger partial charge on any atom is -0.396 e. The molecule has 0 aromatic heterocycles. The Bertz CT molecular complexity index is 530. The summed E-state index contributed by atoms with van der Waals surface area (Å²) in [4.78, 5) is 13.5. The number of hydrogen-bond acceptors (Lipinski definition) is 2. The van der Waals surface area contributed by atoms with E-state index in [-0.39, 0.29) is 12.5 Å². The maximum atomic E-state index is 13.9. The molecule has 0 radical (unpaired) electrons. The van der Waals surface area contributed by atoms with Gasteiger partial charge in [0, 0.05) is 19.7 Å². The van der Waals surface area contributed by atoms with Gasteiger partial charge in [0.1, 0.15) is 5.82 Å². The van der Waals surface area contributed by atoms with Crippen molar-refractivity contribution >= 4 is 5.91 Å². The molecule has 7 heteroatoms. The van der Waals surface area contributed by atoms with Crippen molar-refractivity contribution in [2.75, 3.05) is 19.7 Å². The quantitative estimate of drug-likeness (QED) is 0.872. The lowest BCUT2D eigenvalue weighted by atomic mass is 10.1. The number of carbonyl (C=O) groups is 1. The molecule has 0 aliphatic carbocycles. The first kappa shape index (κ1) is 15.8.